The molecule has 2 atom stereocenters. The Balaban J connectivity index is 0.000000677. The molecule has 15 heteroatoms. The Bertz CT molecular complexity index is 1740. The molecule has 12 nitrogen and oxygen atoms in total. The summed E-state index contributed by atoms with van der Waals surface area (Å²) in [6, 6.07) is 9.22. The number of hydrogen-bond acceptors (Lipinski definition) is 9. The third-order valence-corrected chi connectivity index (χ3v) is 11.9. The highest BCUT2D eigenvalue weighted by Gasteiger charge is 2.28. The van der Waals surface area contributed by atoms with Gasteiger partial charge in [-0.05, 0) is 48.9 Å². The number of nitrogens with zero attached hydrogens (tertiary/aromatic N) is 5. The van der Waals surface area contributed by atoms with Crippen LogP contribution in [0.5, 0.6) is 0 Å². The molecular weight excluding hydrogens is 679 g/mol. The van der Waals surface area contributed by atoms with Crippen LogP contribution in [0.15, 0.2) is 41.3 Å². The van der Waals surface area contributed by atoms with E-state index in [9.17, 15) is 27.4 Å². The van der Waals surface area contributed by atoms with Crippen molar-refractivity contribution in [1.29, 1.82) is 0 Å². The fraction of sp³-hybridized carbons (Fsp3) is 0.583. The van der Waals surface area contributed by atoms with Gasteiger partial charge in [-0.2, -0.15) is 4.98 Å². The molecule has 2 amide bonds. The number of rotatable bonds is 9. The van der Waals surface area contributed by atoms with Crippen molar-refractivity contribution in [3.8, 4) is 0 Å². The van der Waals surface area contributed by atoms with Crippen molar-refractivity contribution in [1.82, 2.24) is 29.5 Å². The van der Waals surface area contributed by atoms with Crippen molar-refractivity contribution >= 4 is 45.5 Å². The van der Waals surface area contributed by atoms with Crippen molar-refractivity contribution in [2.75, 3.05) is 61.8 Å². The van der Waals surface area contributed by atoms with E-state index in [0.717, 1.165) is 68.8 Å². The van der Waals surface area contributed by atoms with Gasteiger partial charge in [-0.1, -0.05) is 44.7 Å². The van der Waals surface area contributed by atoms with Crippen LogP contribution in [0, 0.1) is 5.92 Å². The van der Waals surface area contributed by atoms with Gasteiger partial charge in [0.15, 0.2) is 0 Å². The van der Waals surface area contributed by atoms with Gasteiger partial charge >= 0.3 is 0 Å². The van der Waals surface area contributed by atoms with E-state index in [2.05, 4.69) is 42.3 Å². The predicted molar refractivity (Wildman–Crippen MR) is 194 cm³/mol. The van der Waals surface area contributed by atoms with Gasteiger partial charge in [-0.3, -0.25) is 24.6 Å². The number of H-pyrrole nitrogens is 1. The molecule has 1 saturated carbocycles. The number of fused-ring (bicyclic) bond motifs is 1. The molecule has 4 fully saturated rings. The van der Waals surface area contributed by atoms with Gasteiger partial charge in [0.1, 0.15) is 5.65 Å². The number of aromatic amines is 1. The summed E-state index contributed by atoms with van der Waals surface area (Å²) < 4.78 is 41.1. The minimum absolute atomic E-state index is 0.0638. The van der Waals surface area contributed by atoms with Crippen LogP contribution in [-0.2, 0) is 20.6 Å². The normalized spacial score (nSPS) is 21.8. The van der Waals surface area contributed by atoms with E-state index in [1.165, 1.54) is 31.9 Å². The molecular formula is C36H48F2N8O4S. The second-order valence-corrected chi connectivity index (χ2v) is 15.6. The number of amides is 2. The van der Waals surface area contributed by atoms with Crippen molar-refractivity contribution in [3.63, 3.8) is 0 Å². The second kappa shape index (κ2) is 17.1. The first-order chi connectivity index (χ1) is 24.6. The first-order valence-electron chi connectivity index (χ1n) is 18.1. The Hall–Kier alpha value is -3.82. The first-order valence-corrected chi connectivity index (χ1v) is 19.4. The van der Waals surface area contributed by atoms with Crippen LogP contribution in [-0.4, -0.2) is 97.8 Å². The molecule has 0 radical (unpaired) electrons. The van der Waals surface area contributed by atoms with Crippen molar-refractivity contribution in [2.24, 2.45) is 5.92 Å². The van der Waals surface area contributed by atoms with Crippen molar-refractivity contribution in [3.05, 3.63) is 58.0 Å². The minimum atomic E-state index is -2.87. The minimum Gasteiger partial charge on any atom is -0.369 e. The Morgan fingerprint density at radius 3 is 2.29 bits per heavy atom. The summed E-state index contributed by atoms with van der Waals surface area (Å²) in [6.45, 7) is 7.89. The average molecular weight is 727 g/mol. The summed E-state index contributed by atoms with van der Waals surface area (Å²) >= 11 is 0. The predicted octanol–water partition coefficient (Wildman–Crippen LogP) is 4.33. The molecule has 7 rings (SSSR count). The number of piperazine rings is 1. The zero-order valence-corrected chi connectivity index (χ0v) is 29.9. The van der Waals surface area contributed by atoms with Gasteiger partial charge in [-0.15, -0.1) is 0 Å². The smallest absolute Gasteiger partial charge is 0.269 e. The fourth-order valence-electron chi connectivity index (χ4n) is 7.25. The van der Waals surface area contributed by atoms with E-state index in [0.29, 0.717) is 43.0 Å². The molecule has 276 valence electrons. The molecule has 0 spiro atoms. The van der Waals surface area contributed by atoms with Crippen molar-refractivity contribution in [2.45, 2.75) is 76.7 Å². The van der Waals surface area contributed by atoms with Crippen LogP contribution in [0.2, 0.25) is 0 Å². The first kappa shape index (κ1) is 37.0. The number of carbonyl (C=O) groups excluding carboxylic acids is 2. The van der Waals surface area contributed by atoms with E-state index < -0.39 is 28.5 Å². The molecule has 3 aliphatic heterocycles. The molecule has 1 aliphatic carbocycles. The Morgan fingerprint density at radius 1 is 0.961 bits per heavy atom. The topological polar surface area (TPSA) is 144 Å². The lowest BCUT2D eigenvalue weighted by Crippen LogP contribution is -2.48. The zero-order chi connectivity index (χ0) is 35.9. The largest absolute Gasteiger partial charge is 0.369 e. The summed E-state index contributed by atoms with van der Waals surface area (Å²) in [6.07, 6.45) is 6.88. The maximum Gasteiger partial charge on any atom is 0.269 e. The maximum absolute atomic E-state index is 13.1. The lowest BCUT2D eigenvalue weighted by molar-refractivity contribution is -0.134. The maximum atomic E-state index is 13.1. The molecule has 3 saturated heterocycles. The van der Waals surface area contributed by atoms with Crippen molar-refractivity contribution < 1.29 is 22.6 Å². The van der Waals surface area contributed by atoms with E-state index in [1.54, 1.807) is 0 Å². The molecule has 3 N–H and O–H groups in total. The van der Waals surface area contributed by atoms with Gasteiger partial charge in [0, 0.05) is 75.5 Å². The van der Waals surface area contributed by atoms with Gasteiger partial charge in [0.05, 0.1) is 28.2 Å². The van der Waals surface area contributed by atoms with Crippen LogP contribution in [0.25, 0.3) is 11.0 Å². The average Bonchev–Trinajstić information content (AvgIpc) is 3.62. The molecule has 1 aromatic carbocycles. The SMILES string of the molecule is CC1CCCC1.O=C1CCC(c2ccc(N3CCN(CCS(=O)N4CCC(Nc5ncc6cc(C(F)F)c(=O)[nH]c6n5)CC4)CC3)cc2)C(=O)N1. The molecule has 51 heavy (non-hydrogen) atoms. The number of pyridine rings is 1. The standard InChI is InChI=1S/C30H36F2N8O4S.C6H12/c31-26(32)24-17-20-18-33-30(37-27(20)36-29(24)43)34-21-7-9-40(10-8-21)45(44)16-15-38-11-13-39(14-12-38)22-3-1-19(2-4-22)23-5-6-25(41)35-28(23)42;1-6-4-2-3-5-6/h1-4,17-18,21,23,26H,5-16H2,(H,35,41,42)(H2,33,34,36,37,43);6H,2-5H2,1H3. The number of nitrogens with one attached hydrogen (secondary N) is 3. The third kappa shape index (κ3) is 9.74. The number of anilines is 2. The van der Waals surface area contributed by atoms with Gasteiger partial charge in [0.25, 0.3) is 12.0 Å². The van der Waals surface area contributed by atoms with Gasteiger partial charge < -0.3 is 15.2 Å². The number of hydrogen-bond donors (Lipinski definition) is 3. The molecule has 2 aromatic heterocycles. The van der Waals surface area contributed by atoms with Crippen LogP contribution in [0.1, 0.15) is 81.8 Å². The summed E-state index contributed by atoms with van der Waals surface area (Å²) in [5.41, 5.74) is 0.762. The molecule has 5 heterocycles. The lowest BCUT2D eigenvalue weighted by atomic mass is 9.90. The third-order valence-electron chi connectivity index (χ3n) is 10.4. The van der Waals surface area contributed by atoms with E-state index >= 15 is 0 Å². The van der Waals surface area contributed by atoms with E-state index in [1.807, 2.05) is 28.6 Å². The summed E-state index contributed by atoms with van der Waals surface area (Å²) in [7, 11) is -1.09. The monoisotopic (exact) mass is 726 g/mol. The Labute approximate surface area is 299 Å². The Kier molecular flexibility index (Phi) is 12.4. The van der Waals surface area contributed by atoms with Gasteiger partial charge in [0.2, 0.25) is 17.8 Å². The second-order valence-electron chi connectivity index (χ2n) is 14.0. The molecule has 4 aliphatic rings. The van der Waals surface area contributed by atoms with Crippen LogP contribution in [0.4, 0.5) is 20.4 Å². The summed E-state index contributed by atoms with van der Waals surface area (Å²) in [4.78, 5) is 51.1. The van der Waals surface area contributed by atoms with Crippen LogP contribution >= 0.6 is 0 Å². The van der Waals surface area contributed by atoms with E-state index in [4.69, 9.17) is 0 Å². The number of aromatic nitrogens is 3. The lowest BCUT2D eigenvalue weighted by Gasteiger charge is -2.37. The number of benzene rings is 1. The van der Waals surface area contributed by atoms with Crippen LogP contribution < -0.4 is 21.1 Å². The van der Waals surface area contributed by atoms with Crippen LogP contribution in [0.3, 0.4) is 0 Å². The number of carbonyl (C=O) groups is 2. The highest BCUT2D eigenvalue weighted by Crippen LogP contribution is 2.28. The molecule has 0 bridgehead atoms. The summed E-state index contributed by atoms with van der Waals surface area (Å²) in [5.74, 6) is 1.21. The highest BCUT2D eigenvalue weighted by atomic mass is 32.2. The number of alkyl halides is 2. The molecule has 2 unspecified atom stereocenters. The molecule has 3 aromatic rings. The fourth-order valence-corrected chi connectivity index (χ4v) is 8.54. The number of piperidine rings is 2. The number of imide groups is 1. The summed E-state index contributed by atoms with van der Waals surface area (Å²) in [5, 5.41) is 6.01. The zero-order valence-electron chi connectivity index (χ0n) is 29.1. The number of halogens is 2. The van der Waals surface area contributed by atoms with Gasteiger partial charge in [-0.25, -0.2) is 22.3 Å². The van der Waals surface area contributed by atoms with E-state index in [-0.39, 0.29) is 29.4 Å². The quantitative estimate of drug-likeness (QED) is 0.275. The Morgan fingerprint density at radius 2 is 1.67 bits per heavy atom. The highest BCUT2D eigenvalue weighted by molar-refractivity contribution is 7.82.